The van der Waals surface area contributed by atoms with E-state index in [2.05, 4.69) is 21.2 Å². The second-order valence-electron chi connectivity index (χ2n) is 6.24. The van der Waals surface area contributed by atoms with Crippen molar-refractivity contribution in [2.75, 3.05) is 25.1 Å². The molecule has 0 saturated carbocycles. The number of aryl methyl sites for hydroxylation is 1. The predicted octanol–water partition coefficient (Wildman–Crippen LogP) is 2.72. The highest BCUT2D eigenvalue weighted by molar-refractivity contribution is 9.10. The maximum atomic E-state index is 12.5. The van der Waals surface area contributed by atoms with Crippen molar-refractivity contribution in [2.24, 2.45) is 5.92 Å². The number of amides is 2. The lowest BCUT2D eigenvalue weighted by Crippen LogP contribution is -2.41. The van der Waals surface area contributed by atoms with Crippen LogP contribution in [0, 0.1) is 12.8 Å². The minimum absolute atomic E-state index is 0.0744. The summed E-state index contributed by atoms with van der Waals surface area (Å²) in [6.07, 6.45) is 2.04. The fourth-order valence-electron chi connectivity index (χ4n) is 3.22. The van der Waals surface area contributed by atoms with Gasteiger partial charge in [0.1, 0.15) is 0 Å². The monoisotopic (exact) mass is 380 g/mol. The molecule has 1 unspecified atom stereocenters. The molecule has 0 radical (unpaired) electrons. The van der Waals surface area contributed by atoms with E-state index in [1.807, 2.05) is 30.0 Å². The van der Waals surface area contributed by atoms with Crippen LogP contribution in [0.25, 0.3) is 0 Å². The first-order chi connectivity index (χ1) is 11.0. The summed E-state index contributed by atoms with van der Waals surface area (Å²) < 4.78 is 6.36. The lowest BCUT2D eigenvalue weighted by Gasteiger charge is -2.31. The second-order valence-corrected chi connectivity index (χ2v) is 7.10. The third-order valence-corrected chi connectivity index (χ3v) is 5.48. The van der Waals surface area contributed by atoms with Gasteiger partial charge in [-0.1, -0.05) is 15.9 Å². The van der Waals surface area contributed by atoms with Crippen LogP contribution in [-0.2, 0) is 14.3 Å². The van der Waals surface area contributed by atoms with E-state index < -0.39 is 0 Å². The smallest absolute Gasteiger partial charge is 0.229 e. The fourth-order valence-corrected chi connectivity index (χ4v) is 3.47. The Hall–Kier alpha value is -1.40. The van der Waals surface area contributed by atoms with Crippen LogP contribution in [-0.4, -0.2) is 42.5 Å². The van der Waals surface area contributed by atoms with Crippen molar-refractivity contribution < 1.29 is 14.3 Å². The van der Waals surface area contributed by atoms with Crippen LogP contribution in [0.15, 0.2) is 22.7 Å². The highest BCUT2D eigenvalue weighted by Crippen LogP contribution is 2.26. The average Bonchev–Trinajstić information content (AvgIpc) is 2.94. The highest BCUT2D eigenvalue weighted by Gasteiger charge is 2.38. The van der Waals surface area contributed by atoms with Gasteiger partial charge in [0.25, 0.3) is 0 Å². The molecular formula is C17H21BrN2O3. The lowest BCUT2D eigenvalue weighted by atomic mass is 10.1. The number of hydrogen-bond acceptors (Lipinski definition) is 3. The van der Waals surface area contributed by atoms with Gasteiger partial charge in [-0.25, -0.2) is 0 Å². The number of likely N-dealkylation sites (tertiary alicyclic amines) is 1. The van der Waals surface area contributed by atoms with E-state index in [1.165, 1.54) is 0 Å². The number of benzene rings is 1. The topological polar surface area (TPSA) is 58.6 Å². The van der Waals surface area contributed by atoms with E-state index >= 15 is 0 Å². The van der Waals surface area contributed by atoms with E-state index in [0.717, 1.165) is 28.6 Å². The summed E-state index contributed by atoms with van der Waals surface area (Å²) in [6, 6.07) is 5.93. The van der Waals surface area contributed by atoms with E-state index in [0.29, 0.717) is 26.2 Å². The SMILES string of the molecule is Cc1cc(NC(=O)C2CC(=O)N(C3CCOCC3)C2)ccc1Br. The molecule has 0 aromatic heterocycles. The summed E-state index contributed by atoms with van der Waals surface area (Å²) >= 11 is 3.45. The lowest BCUT2D eigenvalue weighted by molar-refractivity contribution is -0.131. The predicted molar refractivity (Wildman–Crippen MR) is 91.2 cm³/mol. The molecule has 2 aliphatic rings. The molecule has 1 atom stereocenters. The zero-order valence-electron chi connectivity index (χ0n) is 13.2. The summed E-state index contributed by atoms with van der Waals surface area (Å²) in [5.41, 5.74) is 1.83. The molecule has 6 heteroatoms. The molecular weight excluding hydrogens is 360 g/mol. The number of anilines is 1. The van der Waals surface area contributed by atoms with Gasteiger partial charge in [0.2, 0.25) is 11.8 Å². The quantitative estimate of drug-likeness (QED) is 0.876. The maximum Gasteiger partial charge on any atom is 0.229 e. The van der Waals surface area contributed by atoms with E-state index in [1.54, 1.807) is 0 Å². The number of ether oxygens (including phenoxy) is 1. The van der Waals surface area contributed by atoms with Crippen LogP contribution < -0.4 is 5.32 Å². The molecule has 2 heterocycles. The summed E-state index contributed by atoms with van der Waals surface area (Å²) in [5, 5.41) is 2.93. The Labute approximate surface area is 144 Å². The summed E-state index contributed by atoms with van der Waals surface area (Å²) in [4.78, 5) is 26.6. The number of hydrogen-bond donors (Lipinski definition) is 1. The first kappa shape index (κ1) is 16.5. The minimum Gasteiger partial charge on any atom is -0.381 e. The van der Waals surface area contributed by atoms with Gasteiger partial charge in [-0.05, 0) is 43.5 Å². The first-order valence-electron chi connectivity index (χ1n) is 7.99. The van der Waals surface area contributed by atoms with Crippen molar-refractivity contribution in [3.05, 3.63) is 28.2 Å². The van der Waals surface area contributed by atoms with Gasteiger partial charge in [-0.15, -0.1) is 0 Å². The van der Waals surface area contributed by atoms with Gasteiger partial charge >= 0.3 is 0 Å². The van der Waals surface area contributed by atoms with Gasteiger partial charge in [0, 0.05) is 42.4 Å². The van der Waals surface area contributed by atoms with Crippen LogP contribution in [0.4, 0.5) is 5.69 Å². The molecule has 3 rings (SSSR count). The summed E-state index contributed by atoms with van der Waals surface area (Å²) in [5.74, 6) is -0.257. The zero-order valence-corrected chi connectivity index (χ0v) is 14.8. The van der Waals surface area contributed by atoms with Crippen molar-refractivity contribution in [3.8, 4) is 0 Å². The Morgan fingerprint density at radius 1 is 1.35 bits per heavy atom. The van der Waals surface area contributed by atoms with Crippen LogP contribution in [0.5, 0.6) is 0 Å². The van der Waals surface area contributed by atoms with Gasteiger partial charge in [0.05, 0.1) is 5.92 Å². The largest absolute Gasteiger partial charge is 0.381 e. The van der Waals surface area contributed by atoms with Crippen LogP contribution in [0.1, 0.15) is 24.8 Å². The second kappa shape index (κ2) is 7.01. The van der Waals surface area contributed by atoms with Crippen molar-refractivity contribution >= 4 is 33.4 Å². The number of carbonyl (C=O) groups is 2. The Bertz CT molecular complexity index is 614. The molecule has 0 spiro atoms. The Morgan fingerprint density at radius 3 is 2.78 bits per heavy atom. The highest BCUT2D eigenvalue weighted by atomic mass is 79.9. The van der Waals surface area contributed by atoms with Gasteiger partial charge < -0.3 is 15.0 Å². The van der Waals surface area contributed by atoms with Crippen molar-refractivity contribution in [1.82, 2.24) is 4.90 Å². The van der Waals surface area contributed by atoms with Crippen molar-refractivity contribution in [1.29, 1.82) is 0 Å². The minimum atomic E-state index is -0.269. The maximum absolute atomic E-state index is 12.5. The first-order valence-corrected chi connectivity index (χ1v) is 8.78. The molecule has 0 aliphatic carbocycles. The third kappa shape index (κ3) is 3.75. The fraction of sp³-hybridized carbons (Fsp3) is 0.529. The average molecular weight is 381 g/mol. The number of halogens is 1. The Kier molecular flexibility index (Phi) is 5.02. The van der Waals surface area contributed by atoms with Crippen molar-refractivity contribution in [2.45, 2.75) is 32.2 Å². The molecule has 1 aromatic rings. The van der Waals surface area contributed by atoms with Crippen LogP contribution >= 0.6 is 15.9 Å². The Morgan fingerprint density at radius 2 is 2.09 bits per heavy atom. The normalized spacial score (nSPS) is 22.4. The summed E-state index contributed by atoms with van der Waals surface area (Å²) in [7, 11) is 0. The van der Waals surface area contributed by atoms with E-state index in [-0.39, 0.29) is 23.8 Å². The van der Waals surface area contributed by atoms with E-state index in [9.17, 15) is 9.59 Å². The molecule has 5 nitrogen and oxygen atoms in total. The van der Waals surface area contributed by atoms with Crippen LogP contribution in [0.3, 0.4) is 0 Å². The van der Waals surface area contributed by atoms with Gasteiger partial charge in [-0.2, -0.15) is 0 Å². The third-order valence-electron chi connectivity index (χ3n) is 4.59. The molecule has 2 aliphatic heterocycles. The van der Waals surface area contributed by atoms with Gasteiger partial charge in [-0.3, -0.25) is 9.59 Å². The molecule has 0 bridgehead atoms. The standard InChI is InChI=1S/C17H21BrN2O3/c1-11-8-13(2-3-15(11)18)19-17(22)12-9-16(21)20(10-12)14-4-6-23-7-5-14/h2-3,8,12,14H,4-7,9-10H2,1H3,(H,19,22). The molecule has 2 saturated heterocycles. The Balaban J connectivity index is 1.61. The van der Waals surface area contributed by atoms with E-state index in [4.69, 9.17) is 4.74 Å². The molecule has 1 N–H and O–H groups in total. The van der Waals surface area contributed by atoms with Crippen LogP contribution in [0.2, 0.25) is 0 Å². The molecule has 2 amide bonds. The van der Waals surface area contributed by atoms with Gasteiger partial charge in [0.15, 0.2) is 0 Å². The number of rotatable bonds is 3. The van der Waals surface area contributed by atoms with Crippen molar-refractivity contribution in [3.63, 3.8) is 0 Å². The molecule has 1 aromatic carbocycles. The molecule has 2 fully saturated rings. The zero-order chi connectivity index (χ0) is 16.4. The number of nitrogens with one attached hydrogen (secondary N) is 1. The number of nitrogens with zero attached hydrogens (tertiary/aromatic N) is 1. The molecule has 23 heavy (non-hydrogen) atoms. The summed E-state index contributed by atoms with van der Waals surface area (Å²) in [6.45, 7) is 3.89. The molecule has 124 valence electrons. The number of carbonyl (C=O) groups excluding carboxylic acids is 2.